The topological polar surface area (TPSA) is 56.6 Å². The molecule has 1 aliphatic heterocycles. The van der Waals surface area contributed by atoms with Gasteiger partial charge in [0.05, 0.1) is 26.3 Å². The Hall–Kier alpha value is -2.15. The molecule has 0 aliphatic carbocycles. The zero-order valence-electron chi connectivity index (χ0n) is 13.8. The van der Waals surface area contributed by atoms with Crippen molar-refractivity contribution in [2.24, 2.45) is 0 Å². The number of carbonyl (C=O) groups is 1. The minimum Gasteiger partial charge on any atom is -0.497 e. The Balaban J connectivity index is 1.74. The summed E-state index contributed by atoms with van der Waals surface area (Å²) in [5.74, 6) is 2.21. The van der Waals surface area contributed by atoms with Crippen LogP contribution >= 0.6 is 11.8 Å². The highest BCUT2D eigenvalue weighted by Gasteiger charge is 2.34. The number of methoxy groups -OCH3 is 2. The number of hydrogen-bond donors (Lipinski definition) is 0. The maximum Gasteiger partial charge on any atom is 0.233 e. The van der Waals surface area contributed by atoms with E-state index in [4.69, 9.17) is 9.47 Å². The fraction of sp³-hybridized carbons (Fsp3) is 0.412. The average molecular weight is 347 g/mol. The summed E-state index contributed by atoms with van der Waals surface area (Å²) in [5.41, 5.74) is 0.982. The number of carbonyl (C=O) groups excluding carboxylic acids is 1. The monoisotopic (exact) mass is 347 g/mol. The predicted molar refractivity (Wildman–Crippen MR) is 93.3 cm³/mol. The number of amides is 1. The van der Waals surface area contributed by atoms with Crippen LogP contribution < -0.4 is 9.47 Å². The van der Waals surface area contributed by atoms with Gasteiger partial charge in [0.25, 0.3) is 0 Å². The van der Waals surface area contributed by atoms with Gasteiger partial charge in [0.15, 0.2) is 0 Å². The predicted octanol–water partition coefficient (Wildman–Crippen LogP) is 2.56. The van der Waals surface area contributed by atoms with Gasteiger partial charge in [-0.05, 0) is 24.6 Å². The molecular weight excluding hydrogens is 326 g/mol. The fourth-order valence-corrected chi connectivity index (χ4v) is 4.06. The molecule has 2 heterocycles. The summed E-state index contributed by atoms with van der Waals surface area (Å²) < 4.78 is 12.8. The second kappa shape index (κ2) is 7.61. The molecule has 1 aromatic carbocycles. The molecule has 7 heteroatoms. The van der Waals surface area contributed by atoms with Crippen LogP contribution in [0.25, 0.3) is 0 Å². The van der Waals surface area contributed by atoms with Crippen molar-refractivity contribution in [3.63, 3.8) is 0 Å². The Labute approximate surface area is 145 Å². The molecule has 1 atom stereocenters. The first-order valence-electron chi connectivity index (χ1n) is 7.81. The van der Waals surface area contributed by atoms with Crippen molar-refractivity contribution < 1.29 is 14.3 Å². The van der Waals surface area contributed by atoms with Crippen molar-refractivity contribution >= 4 is 17.7 Å². The van der Waals surface area contributed by atoms with E-state index in [1.54, 1.807) is 38.5 Å². The third-order valence-corrected chi connectivity index (χ3v) is 5.28. The molecule has 1 fully saturated rings. The van der Waals surface area contributed by atoms with Gasteiger partial charge in [-0.25, -0.2) is 4.98 Å². The highest BCUT2D eigenvalue weighted by molar-refractivity contribution is 8.00. The number of imidazole rings is 1. The van der Waals surface area contributed by atoms with Gasteiger partial charge in [0, 0.05) is 31.0 Å². The van der Waals surface area contributed by atoms with Crippen molar-refractivity contribution in [2.75, 3.05) is 26.5 Å². The maximum atomic E-state index is 12.3. The van der Waals surface area contributed by atoms with Crippen LogP contribution in [0.15, 0.2) is 36.9 Å². The van der Waals surface area contributed by atoms with Crippen molar-refractivity contribution in [1.82, 2.24) is 14.5 Å². The third-order valence-electron chi connectivity index (χ3n) is 4.05. The minimum atomic E-state index is -0.0367. The molecule has 6 nitrogen and oxygen atoms in total. The van der Waals surface area contributed by atoms with Crippen LogP contribution in [-0.2, 0) is 11.3 Å². The van der Waals surface area contributed by atoms with Gasteiger partial charge in [-0.15, -0.1) is 11.8 Å². The summed E-state index contributed by atoms with van der Waals surface area (Å²) in [4.78, 5) is 18.3. The molecule has 3 rings (SSSR count). The number of benzene rings is 1. The number of nitrogens with zero attached hydrogens (tertiary/aromatic N) is 3. The van der Waals surface area contributed by atoms with E-state index in [2.05, 4.69) is 4.98 Å². The van der Waals surface area contributed by atoms with Gasteiger partial charge in [0.1, 0.15) is 16.9 Å². The van der Waals surface area contributed by atoms with Gasteiger partial charge >= 0.3 is 0 Å². The summed E-state index contributed by atoms with van der Waals surface area (Å²) in [6.45, 7) is 1.55. The van der Waals surface area contributed by atoms with Crippen LogP contribution in [0.2, 0.25) is 0 Å². The highest BCUT2D eigenvalue weighted by atomic mass is 32.2. The SMILES string of the molecule is COc1ccc(OC)c(C2SCC(=O)N2CCCn2ccnc2)c1. The highest BCUT2D eigenvalue weighted by Crippen LogP contribution is 2.43. The summed E-state index contributed by atoms with van der Waals surface area (Å²) >= 11 is 1.63. The van der Waals surface area contributed by atoms with Gasteiger partial charge in [-0.1, -0.05) is 0 Å². The van der Waals surface area contributed by atoms with E-state index in [9.17, 15) is 4.79 Å². The molecule has 1 saturated heterocycles. The average Bonchev–Trinajstić information content (AvgIpc) is 3.25. The van der Waals surface area contributed by atoms with Crippen molar-refractivity contribution in [1.29, 1.82) is 0 Å². The summed E-state index contributed by atoms with van der Waals surface area (Å²) in [7, 11) is 3.29. The lowest BCUT2D eigenvalue weighted by atomic mass is 10.1. The molecule has 0 bridgehead atoms. The van der Waals surface area contributed by atoms with Crippen molar-refractivity contribution in [3.05, 3.63) is 42.5 Å². The van der Waals surface area contributed by atoms with E-state index in [1.807, 2.05) is 33.9 Å². The molecule has 1 aromatic heterocycles. The second-order valence-corrected chi connectivity index (χ2v) is 6.58. The van der Waals surface area contributed by atoms with E-state index in [0.717, 1.165) is 30.0 Å². The molecule has 0 N–H and O–H groups in total. The summed E-state index contributed by atoms with van der Waals surface area (Å²) in [6, 6.07) is 5.71. The van der Waals surface area contributed by atoms with Crippen LogP contribution in [0.4, 0.5) is 0 Å². The van der Waals surface area contributed by atoms with Crippen LogP contribution in [0.5, 0.6) is 11.5 Å². The quantitative estimate of drug-likeness (QED) is 0.770. The number of ether oxygens (including phenoxy) is 2. The van der Waals surface area contributed by atoms with E-state index in [1.165, 1.54) is 0 Å². The smallest absolute Gasteiger partial charge is 0.233 e. The van der Waals surface area contributed by atoms with Crippen LogP contribution in [0.3, 0.4) is 0 Å². The molecular formula is C17H21N3O3S. The normalized spacial score (nSPS) is 17.3. The lowest BCUT2D eigenvalue weighted by Crippen LogP contribution is -2.30. The molecule has 0 spiro atoms. The molecule has 0 radical (unpaired) electrons. The summed E-state index contributed by atoms with van der Waals surface area (Å²) in [5, 5.41) is -0.0367. The fourth-order valence-electron chi connectivity index (χ4n) is 2.83. The molecule has 1 unspecified atom stereocenters. The van der Waals surface area contributed by atoms with E-state index in [0.29, 0.717) is 12.3 Å². The Bertz CT molecular complexity index is 690. The van der Waals surface area contributed by atoms with E-state index in [-0.39, 0.29) is 11.3 Å². The zero-order chi connectivity index (χ0) is 16.9. The van der Waals surface area contributed by atoms with E-state index >= 15 is 0 Å². The summed E-state index contributed by atoms with van der Waals surface area (Å²) in [6.07, 6.45) is 6.37. The molecule has 1 aliphatic rings. The Morgan fingerprint density at radius 1 is 1.29 bits per heavy atom. The lowest BCUT2D eigenvalue weighted by Gasteiger charge is -2.26. The Morgan fingerprint density at radius 3 is 2.88 bits per heavy atom. The van der Waals surface area contributed by atoms with Crippen molar-refractivity contribution in [2.45, 2.75) is 18.3 Å². The number of aromatic nitrogens is 2. The largest absolute Gasteiger partial charge is 0.497 e. The van der Waals surface area contributed by atoms with Crippen LogP contribution in [0, 0.1) is 0 Å². The van der Waals surface area contributed by atoms with Gasteiger partial charge in [0.2, 0.25) is 5.91 Å². The third kappa shape index (κ3) is 3.51. The van der Waals surface area contributed by atoms with E-state index < -0.39 is 0 Å². The standard InChI is InChI=1S/C17H21N3O3S/c1-22-13-4-5-15(23-2)14(10-13)17-20(16(21)11-24-17)8-3-7-19-9-6-18-12-19/h4-6,9-10,12,17H,3,7-8,11H2,1-2H3. The van der Waals surface area contributed by atoms with Gasteiger partial charge in [-0.3, -0.25) is 4.79 Å². The number of hydrogen-bond acceptors (Lipinski definition) is 5. The molecule has 2 aromatic rings. The van der Waals surface area contributed by atoms with Gasteiger partial charge < -0.3 is 18.9 Å². The first-order valence-corrected chi connectivity index (χ1v) is 8.86. The zero-order valence-corrected chi connectivity index (χ0v) is 14.7. The number of aryl methyl sites for hydroxylation is 1. The van der Waals surface area contributed by atoms with Crippen molar-refractivity contribution in [3.8, 4) is 11.5 Å². The molecule has 24 heavy (non-hydrogen) atoms. The first kappa shape index (κ1) is 16.7. The number of thioether (sulfide) groups is 1. The Kier molecular flexibility index (Phi) is 5.30. The van der Waals surface area contributed by atoms with Gasteiger partial charge in [-0.2, -0.15) is 0 Å². The minimum absolute atomic E-state index is 0.0367. The molecule has 128 valence electrons. The molecule has 1 amide bonds. The second-order valence-electron chi connectivity index (χ2n) is 5.51. The maximum absolute atomic E-state index is 12.3. The Morgan fingerprint density at radius 2 is 2.17 bits per heavy atom. The molecule has 0 saturated carbocycles. The first-order chi connectivity index (χ1) is 11.7. The van der Waals surface area contributed by atoms with Crippen LogP contribution in [0.1, 0.15) is 17.4 Å². The lowest BCUT2D eigenvalue weighted by molar-refractivity contribution is -0.128. The number of rotatable bonds is 7. The van der Waals surface area contributed by atoms with Crippen LogP contribution in [-0.4, -0.2) is 46.9 Å².